The fourth-order valence-corrected chi connectivity index (χ4v) is 16.2. The van der Waals surface area contributed by atoms with E-state index in [-0.39, 0.29) is 5.41 Å². The molecule has 0 bridgehead atoms. The first-order valence-corrected chi connectivity index (χ1v) is 28.7. The number of fused-ring (bicyclic) bond motifs is 31. The van der Waals surface area contributed by atoms with Crippen molar-refractivity contribution < 1.29 is 0 Å². The summed E-state index contributed by atoms with van der Waals surface area (Å²) in [5, 5.41) is 12.8. The molecule has 4 aliphatic rings. The Kier molecular flexibility index (Phi) is 8.87. The van der Waals surface area contributed by atoms with Gasteiger partial charge in [-0.3, -0.25) is 0 Å². The van der Waals surface area contributed by atoms with Gasteiger partial charge in [-0.2, -0.15) is 0 Å². The molecule has 1 nitrogen and oxygen atoms in total. The van der Waals surface area contributed by atoms with Crippen LogP contribution in [0.2, 0.25) is 0 Å². The molecule has 4 aliphatic carbocycles. The molecular formula is C80H53N. The van der Waals surface area contributed by atoms with Gasteiger partial charge >= 0.3 is 0 Å². The maximum atomic E-state index is 2.50. The minimum Gasteiger partial charge on any atom is -0.310 e. The van der Waals surface area contributed by atoms with E-state index in [4.69, 9.17) is 0 Å². The van der Waals surface area contributed by atoms with Gasteiger partial charge in [0.15, 0.2) is 0 Å². The maximum absolute atomic E-state index is 2.50. The van der Waals surface area contributed by atoms with E-state index in [9.17, 15) is 0 Å². The lowest BCUT2D eigenvalue weighted by Gasteiger charge is -2.33. The molecule has 0 N–H and O–H groups in total. The summed E-state index contributed by atoms with van der Waals surface area (Å²) in [5.41, 5.74) is 25.2. The molecule has 378 valence electrons. The molecular weight excluding hydrogens is 975 g/mol. The smallest absolute Gasteiger partial charge is 0.0737 e. The molecule has 81 heavy (non-hydrogen) atoms. The van der Waals surface area contributed by atoms with Gasteiger partial charge in [0, 0.05) is 17.1 Å². The van der Waals surface area contributed by atoms with Gasteiger partial charge < -0.3 is 4.90 Å². The van der Waals surface area contributed by atoms with Crippen molar-refractivity contribution in [2.75, 3.05) is 4.90 Å². The summed E-state index contributed by atoms with van der Waals surface area (Å²) in [7, 11) is 0. The molecule has 0 fully saturated rings. The summed E-state index contributed by atoms with van der Waals surface area (Å²) in [4.78, 5) is 2.50. The van der Waals surface area contributed by atoms with Crippen LogP contribution in [0.25, 0.3) is 98.4 Å². The normalized spacial score (nSPS) is 14.3. The van der Waals surface area contributed by atoms with Crippen LogP contribution in [0.5, 0.6) is 0 Å². The van der Waals surface area contributed by atoms with Crippen molar-refractivity contribution in [3.05, 3.63) is 317 Å². The minimum absolute atomic E-state index is 0.00795. The average Bonchev–Trinajstić information content (AvgIpc) is 2.95. The highest BCUT2D eigenvalue weighted by molar-refractivity contribution is 6.22. The van der Waals surface area contributed by atoms with E-state index in [1.807, 2.05) is 0 Å². The summed E-state index contributed by atoms with van der Waals surface area (Å²) < 4.78 is 0. The average molecular weight is 1030 g/mol. The van der Waals surface area contributed by atoms with Crippen molar-refractivity contribution in [3.63, 3.8) is 0 Å². The van der Waals surface area contributed by atoms with E-state index in [0.717, 1.165) is 17.1 Å². The first-order chi connectivity index (χ1) is 39.8. The molecule has 0 saturated carbocycles. The zero-order valence-corrected chi connectivity index (χ0v) is 45.4. The van der Waals surface area contributed by atoms with Gasteiger partial charge in [0.1, 0.15) is 0 Å². The minimum atomic E-state index is -0.548. The standard InChI is InChI=1S/C80H53N/c1-78(2,3)51-35-37-52(38-36-51)81(53-39-44-56-49(46-53)33-42-67-66-41-32-48-18-4-5-19-55(48)74(66)79(75(56)67)69-28-14-10-22-60(69)61-23-11-15-29-70(61)79)54-40-45-57-50(47-54)34-43-68-73-64-26-8-6-20-58(64)59-21-7-9-27-65(59)77(73)80(76(57)68)71-30-16-12-24-62(71)63-25-13-17-31-72(63)80/h4-47H,1-3H3. The van der Waals surface area contributed by atoms with E-state index in [2.05, 4.69) is 293 Å². The Morgan fingerprint density at radius 1 is 0.259 bits per heavy atom. The van der Waals surface area contributed by atoms with Crippen LogP contribution in [0.4, 0.5) is 17.1 Å². The van der Waals surface area contributed by atoms with Gasteiger partial charge in [-0.15, -0.1) is 0 Å². The Bertz CT molecular complexity index is 5010. The Morgan fingerprint density at radius 2 is 0.630 bits per heavy atom. The molecule has 18 rings (SSSR count). The summed E-state index contributed by atoms with van der Waals surface area (Å²) in [6.45, 7) is 6.91. The zero-order valence-electron chi connectivity index (χ0n) is 45.4. The summed E-state index contributed by atoms with van der Waals surface area (Å²) in [6.07, 6.45) is 0. The third-order valence-corrected chi connectivity index (χ3v) is 19.3. The van der Waals surface area contributed by atoms with Crippen molar-refractivity contribution >= 4 is 70.9 Å². The van der Waals surface area contributed by atoms with Gasteiger partial charge in [0.05, 0.1) is 10.8 Å². The molecule has 0 heterocycles. The second-order valence-electron chi connectivity index (χ2n) is 24.2. The van der Waals surface area contributed by atoms with Crippen LogP contribution < -0.4 is 4.90 Å². The van der Waals surface area contributed by atoms with E-state index in [1.54, 1.807) is 0 Å². The molecule has 14 aromatic carbocycles. The largest absolute Gasteiger partial charge is 0.310 e. The number of nitrogens with zero attached hydrogens (tertiary/aromatic N) is 1. The van der Waals surface area contributed by atoms with Gasteiger partial charge in [-0.05, 0) is 190 Å². The SMILES string of the molecule is CC(C)(C)c1ccc(N(c2ccc3c4c(ccc3c2)-c2ccc3ccccc3c2C42c3ccccc3-c3ccccc32)c2ccc3c4c(ccc3c2)-c2c(c3ccccc3c3ccccc23)C42c3ccccc3-c3ccccc32)cc1. The van der Waals surface area contributed by atoms with E-state index >= 15 is 0 Å². The van der Waals surface area contributed by atoms with Gasteiger partial charge in [-0.1, -0.05) is 251 Å². The first-order valence-electron chi connectivity index (χ1n) is 28.7. The van der Waals surface area contributed by atoms with Crippen LogP contribution in [0.3, 0.4) is 0 Å². The van der Waals surface area contributed by atoms with Crippen LogP contribution in [0.15, 0.2) is 267 Å². The zero-order chi connectivity index (χ0) is 53.5. The van der Waals surface area contributed by atoms with Gasteiger partial charge in [0.25, 0.3) is 0 Å². The van der Waals surface area contributed by atoms with Crippen molar-refractivity contribution in [3.8, 4) is 44.5 Å². The highest BCUT2D eigenvalue weighted by Gasteiger charge is 2.55. The number of anilines is 3. The fraction of sp³-hybridized carbons (Fsp3) is 0.0750. The van der Waals surface area contributed by atoms with Crippen LogP contribution >= 0.6 is 0 Å². The summed E-state index contributed by atoms with van der Waals surface area (Å²) in [5.74, 6) is 0. The molecule has 1 heteroatoms. The molecule has 0 atom stereocenters. The quantitative estimate of drug-likeness (QED) is 0.159. The van der Waals surface area contributed by atoms with Gasteiger partial charge in [-0.25, -0.2) is 0 Å². The van der Waals surface area contributed by atoms with E-state index < -0.39 is 10.8 Å². The number of benzene rings is 14. The second kappa shape index (κ2) is 15.9. The lowest BCUT2D eigenvalue weighted by Crippen LogP contribution is -2.26. The third-order valence-electron chi connectivity index (χ3n) is 19.3. The van der Waals surface area contributed by atoms with E-state index in [1.165, 1.54) is 148 Å². The number of rotatable bonds is 3. The van der Waals surface area contributed by atoms with Crippen molar-refractivity contribution in [2.45, 2.75) is 37.0 Å². The fourth-order valence-electron chi connectivity index (χ4n) is 16.2. The summed E-state index contributed by atoms with van der Waals surface area (Å²) >= 11 is 0. The van der Waals surface area contributed by atoms with Gasteiger partial charge in [0.2, 0.25) is 0 Å². The molecule has 0 aliphatic heterocycles. The maximum Gasteiger partial charge on any atom is 0.0737 e. The third kappa shape index (κ3) is 5.66. The topological polar surface area (TPSA) is 3.24 Å². The van der Waals surface area contributed by atoms with Crippen LogP contribution in [-0.2, 0) is 16.2 Å². The Hall–Kier alpha value is -9.82. The predicted octanol–water partition coefficient (Wildman–Crippen LogP) is 20.9. The lowest BCUT2D eigenvalue weighted by atomic mass is 9.68. The molecule has 14 aromatic rings. The Labute approximate surface area is 471 Å². The summed E-state index contributed by atoms with van der Waals surface area (Å²) in [6, 6.07) is 102. The van der Waals surface area contributed by atoms with Crippen LogP contribution in [0, 0.1) is 0 Å². The molecule has 0 amide bonds. The second-order valence-corrected chi connectivity index (χ2v) is 24.2. The molecule has 0 aromatic heterocycles. The molecule has 0 saturated heterocycles. The molecule has 2 spiro atoms. The monoisotopic (exact) mass is 1030 g/mol. The predicted molar refractivity (Wildman–Crippen MR) is 340 cm³/mol. The number of hydrogen-bond acceptors (Lipinski definition) is 1. The number of hydrogen-bond donors (Lipinski definition) is 0. The highest BCUT2D eigenvalue weighted by Crippen LogP contribution is 2.68. The first kappa shape index (κ1) is 45.1. The van der Waals surface area contributed by atoms with Crippen molar-refractivity contribution in [1.29, 1.82) is 0 Å². The molecule has 0 radical (unpaired) electrons. The van der Waals surface area contributed by atoms with E-state index in [0.29, 0.717) is 0 Å². The van der Waals surface area contributed by atoms with Crippen molar-refractivity contribution in [2.24, 2.45) is 0 Å². The molecule has 0 unspecified atom stereocenters. The van der Waals surface area contributed by atoms with Crippen molar-refractivity contribution in [1.82, 2.24) is 0 Å². The lowest BCUT2D eigenvalue weighted by molar-refractivity contribution is 0.590. The van der Waals surface area contributed by atoms with Crippen LogP contribution in [-0.4, -0.2) is 0 Å². The van der Waals surface area contributed by atoms with Crippen LogP contribution in [0.1, 0.15) is 70.8 Å². The Morgan fingerprint density at radius 3 is 1.15 bits per heavy atom. The Balaban J connectivity index is 0.883. The highest BCUT2D eigenvalue weighted by atomic mass is 15.1.